The number of allylic oxidation sites excluding steroid dienone is 1. The van der Waals surface area contributed by atoms with E-state index in [1.54, 1.807) is 50.3 Å². The van der Waals surface area contributed by atoms with Crippen molar-refractivity contribution in [1.29, 1.82) is 0 Å². The first-order chi connectivity index (χ1) is 24.0. The number of hydrogen-bond donors (Lipinski definition) is 3. The number of carbonyl (C=O) groups is 3. The molecule has 0 bridgehead atoms. The average molecular weight is 681 g/mol. The number of imidazole rings is 1. The molecule has 0 aliphatic heterocycles. The van der Waals surface area contributed by atoms with E-state index < -0.39 is 11.8 Å². The maximum Gasteiger partial charge on any atom is 0.276 e. The second-order valence-electron chi connectivity index (χ2n) is 11.4. The van der Waals surface area contributed by atoms with Crippen molar-refractivity contribution >= 4 is 52.8 Å². The highest BCUT2D eigenvalue weighted by molar-refractivity contribution is 6.07. The van der Waals surface area contributed by atoms with E-state index in [0.29, 0.717) is 69.6 Å². The molecule has 260 valence electrons. The number of nitrogens with zero attached hydrogens (tertiary/aromatic N) is 8. The van der Waals surface area contributed by atoms with Crippen molar-refractivity contribution in [3.05, 3.63) is 88.5 Å². The van der Waals surface area contributed by atoms with Gasteiger partial charge in [0.25, 0.3) is 11.8 Å². The minimum atomic E-state index is -0.634. The summed E-state index contributed by atoms with van der Waals surface area (Å²) >= 11 is 0. The number of aliphatic imine (C=N–C) groups is 1. The molecule has 0 saturated heterocycles. The van der Waals surface area contributed by atoms with E-state index in [1.165, 1.54) is 24.1 Å². The number of aliphatic hydroxyl groups excluding tert-OH is 1. The highest BCUT2D eigenvalue weighted by atomic mass is 16.5. The fourth-order valence-corrected chi connectivity index (χ4v) is 5.72. The molecule has 0 fully saturated rings. The fourth-order valence-electron chi connectivity index (χ4n) is 5.72. The fraction of sp³-hybridized carbons (Fsp3) is 0.286. The molecule has 3 heterocycles. The summed E-state index contributed by atoms with van der Waals surface area (Å²) < 4.78 is 10.7. The van der Waals surface area contributed by atoms with Gasteiger partial charge in [-0.25, -0.2) is 4.98 Å². The van der Waals surface area contributed by atoms with Crippen molar-refractivity contribution in [2.75, 3.05) is 23.9 Å². The number of aryl methyl sites for hydroxylation is 4. The summed E-state index contributed by atoms with van der Waals surface area (Å²) in [6.07, 6.45) is 3.63. The van der Waals surface area contributed by atoms with Crippen molar-refractivity contribution in [3.8, 4) is 5.75 Å². The van der Waals surface area contributed by atoms with Gasteiger partial charge in [0, 0.05) is 31.7 Å². The summed E-state index contributed by atoms with van der Waals surface area (Å²) in [5.74, 6) is -0.655. The Labute approximate surface area is 288 Å². The lowest BCUT2D eigenvalue weighted by Gasteiger charge is -2.23. The zero-order valence-electron chi connectivity index (χ0n) is 28.7. The topological polar surface area (TPSA) is 188 Å². The van der Waals surface area contributed by atoms with Crippen molar-refractivity contribution in [2.24, 2.45) is 10.7 Å². The molecule has 15 heteroatoms. The standard InChI is InChI=1S/C35H40N10O5/c1-7-44-28(15-21(3)40-44)33(48)39-35-38-26-17-23(20-46)18-30(50-6)31(26)43(35)14-10-9-13-42(34(49)29-16-22(4)41-45(29)8-2)27-12-11-24(32(36)47)19-25(27)37-5/h9-12,15-19,46H,5,7-8,13-14,20H2,1-4,6H3,(H2,36,47)(H,38,39,48)/b10-9+. The number of carbonyl (C=O) groups excluding carboxylic acids is 3. The van der Waals surface area contributed by atoms with E-state index in [-0.39, 0.29) is 37.1 Å². The molecule has 0 atom stereocenters. The number of aliphatic hydroxyl groups is 1. The number of primary amides is 1. The molecule has 2 aromatic carbocycles. The number of anilines is 2. The molecule has 0 spiro atoms. The largest absolute Gasteiger partial charge is 0.494 e. The van der Waals surface area contributed by atoms with Crippen LogP contribution in [0.1, 0.15) is 62.1 Å². The maximum atomic E-state index is 14.1. The monoisotopic (exact) mass is 680 g/mol. The van der Waals surface area contributed by atoms with Crippen molar-refractivity contribution in [1.82, 2.24) is 29.1 Å². The van der Waals surface area contributed by atoms with Crippen LogP contribution in [-0.4, -0.2) is 72.3 Å². The van der Waals surface area contributed by atoms with Crippen LogP contribution in [0.5, 0.6) is 5.75 Å². The summed E-state index contributed by atoms with van der Waals surface area (Å²) in [5, 5.41) is 21.6. The number of nitrogens with one attached hydrogen (secondary N) is 1. The smallest absolute Gasteiger partial charge is 0.276 e. The second kappa shape index (κ2) is 15.0. The average Bonchev–Trinajstić information content (AvgIpc) is 3.80. The first kappa shape index (κ1) is 35.2. The van der Waals surface area contributed by atoms with Crippen LogP contribution in [-0.2, 0) is 26.2 Å². The molecule has 0 unspecified atom stereocenters. The lowest BCUT2D eigenvalue weighted by molar-refractivity contribution is 0.0976. The molecule has 5 rings (SSSR count). The highest BCUT2D eigenvalue weighted by Crippen LogP contribution is 2.33. The number of benzene rings is 2. The van der Waals surface area contributed by atoms with Gasteiger partial charge < -0.3 is 25.0 Å². The Morgan fingerprint density at radius 1 is 1.02 bits per heavy atom. The van der Waals surface area contributed by atoms with Gasteiger partial charge in [-0.05, 0) is 82.4 Å². The van der Waals surface area contributed by atoms with Crippen molar-refractivity contribution in [3.63, 3.8) is 0 Å². The summed E-state index contributed by atoms with van der Waals surface area (Å²) in [4.78, 5) is 49.8. The van der Waals surface area contributed by atoms with Crippen LogP contribution in [0, 0.1) is 13.8 Å². The number of nitrogens with two attached hydrogens (primary N) is 1. The second-order valence-corrected chi connectivity index (χ2v) is 11.4. The molecular weight excluding hydrogens is 640 g/mol. The van der Waals surface area contributed by atoms with E-state index >= 15 is 0 Å². The minimum absolute atomic E-state index is 0.0975. The Kier molecular flexibility index (Phi) is 10.6. The quantitative estimate of drug-likeness (QED) is 0.115. The number of rotatable bonds is 14. The molecule has 0 radical (unpaired) electrons. The maximum absolute atomic E-state index is 14.1. The first-order valence-electron chi connectivity index (χ1n) is 16.0. The molecular formula is C35H40N10O5. The Hall–Kier alpha value is -6.09. The van der Waals surface area contributed by atoms with Gasteiger partial charge in [-0.15, -0.1) is 0 Å². The molecule has 0 aliphatic rings. The third kappa shape index (κ3) is 7.03. The summed E-state index contributed by atoms with van der Waals surface area (Å²) in [6, 6.07) is 11.5. The lowest BCUT2D eigenvalue weighted by atomic mass is 10.1. The first-order valence-corrected chi connectivity index (χ1v) is 16.0. The molecule has 0 saturated carbocycles. The van der Waals surface area contributed by atoms with Gasteiger partial charge >= 0.3 is 0 Å². The lowest BCUT2D eigenvalue weighted by Crippen LogP contribution is -2.33. The highest BCUT2D eigenvalue weighted by Gasteiger charge is 2.24. The molecule has 4 N–H and O–H groups in total. The summed E-state index contributed by atoms with van der Waals surface area (Å²) in [6.45, 7) is 12.1. The van der Waals surface area contributed by atoms with Gasteiger partial charge in [0.05, 0.1) is 42.0 Å². The summed E-state index contributed by atoms with van der Waals surface area (Å²) in [7, 11) is 1.52. The zero-order chi connectivity index (χ0) is 36.1. The van der Waals surface area contributed by atoms with E-state index in [2.05, 4.69) is 27.2 Å². The van der Waals surface area contributed by atoms with Gasteiger partial charge in [0.15, 0.2) is 0 Å². The van der Waals surface area contributed by atoms with Crippen LogP contribution >= 0.6 is 0 Å². The van der Waals surface area contributed by atoms with Gasteiger partial charge in [0.1, 0.15) is 22.7 Å². The zero-order valence-corrected chi connectivity index (χ0v) is 28.7. The number of hydrogen-bond acceptors (Lipinski definition) is 9. The van der Waals surface area contributed by atoms with E-state index in [9.17, 15) is 19.5 Å². The van der Waals surface area contributed by atoms with Gasteiger partial charge in [-0.1, -0.05) is 12.2 Å². The number of amides is 3. The van der Waals surface area contributed by atoms with E-state index in [0.717, 1.165) is 0 Å². The number of aromatic nitrogens is 6. The summed E-state index contributed by atoms with van der Waals surface area (Å²) in [5.41, 5.74) is 10.3. The third-order valence-corrected chi connectivity index (χ3v) is 8.06. The molecule has 0 aliphatic carbocycles. The molecule has 3 amide bonds. The molecule has 5 aromatic rings. The third-order valence-electron chi connectivity index (χ3n) is 8.06. The number of methoxy groups -OCH3 is 1. The Bertz CT molecular complexity index is 2120. The van der Waals surface area contributed by atoms with Crippen LogP contribution in [0.15, 0.2) is 59.6 Å². The van der Waals surface area contributed by atoms with Crippen LogP contribution < -0.4 is 20.7 Å². The van der Waals surface area contributed by atoms with Crippen molar-refractivity contribution in [2.45, 2.75) is 53.9 Å². The van der Waals surface area contributed by atoms with Gasteiger partial charge in [-0.3, -0.25) is 34.1 Å². The van der Waals surface area contributed by atoms with Gasteiger partial charge in [0.2, 0.25) is 11.9 Å². The SMILES string of the molecule is C=Nc1cc(C(N)=O)ccc1N(C/C=C/Cn1c(NC(=O)c2cc(C)nn2CC)nc2cc(CO)cc(OC)c21)C(=O)c1cc(C)nn1CC. The Morgan fingerprint density at radius 3 is 2.32 bits per heavy atom. The molecule has 3 aromatic heterocycles. The Morgan fingerprint density at radius 2 is 1.70 bits per heavy atom. The predicted molar refractivity (Wildman–Crippen MR) is 190 cm³/mol. The van der Waals surface area contributed by atoms with E-state index in [1.807, 2.05) is 33.8 Å². The van der Waals surface area contributed by atoms with Crippen LogP contribution in [0.3, 0.4) is 0 Å². The predicted octanol–water partition coefficient (Wildman–Crippen LogP) is 4.17. The van der Waals surface area contributed by atoms with Gasteiger partial charge in [-0.2, -0.15) is 10.2 Å². The Balaban J connectivity index is 1.53. The van der Waals surface area contributed by atoms with Crippen LogP contribution in [0.4, 0.5) is 17.3 Å². The normalized spacial score (nSPS) is 11.3. The number of fused-ring (bicyclic) bond motifs is 1. The van der Waals surface area contributed by atoms with Crippen molar-refractivity contribution < 1.29 is 24.2 Å². The molecule has 15 nitrogen and oxygen atoms in total. The van der Waals surface area contributed by atoms with Crippen LogP contribution in [0.25, 0.3) is 11.0 Å². The van der Waals surface area contributed by atoms with E-state index in [4.69, 9.17) is 15.5 Å². The molecule has 50 heavy (non-hydrogen) atoms. The van der Waals surface area contributed by atoms with Crippen LogP contribution in [0.2, 0.25) is 0 Å². The minimum Gasteiger partial charge on any atom is -0.494 e. The number of ether oxygens (including phenoxy) is 1.